The number of nitrogens with zero attached hydrogens (tertiary/aromatic N) is 1. The molecule has 1 aromatic carbocycles. The van der Waals surface area contributed by atoms with Gasteiger partial charge in [-0.15, -0.1) is 0 Å². The molecule has 0 spiro atoms. The zero-order valence-corrected chi connectivity index (χ0v) is 13.7. The SMILES string of the molecule is O=C(N[C@@H]1CN2CCC1CC2)Oc1ccc(-c2ccccc2)s1. The van der Waals surface area contributed by atoms with Crippen LogP contribution in [0.2, 0.25) is 0 Å². The van der Waals surface area contributed by atoms with Crippen LogP contribution in [0.1, 0.15) is 12.8 Å². The van der Waals surface area contributed by atoms with E-state index in [0.717, 1.165) is 17.0 Å². The Kier molecular flexibility index (Phi) is 4.06. The highest BCUT2D eigenvalue weighted by Crippen LogP contribution is 2.33. The summed E-state index contributed by atoms with van der Waals surface area (Å²) in [6, 6.07) is 14.2. The molecule has 120 valence electrons. The largest absolute Gasteiger partial charge is 0.413 e. The molecule has 5 heteroatoms. The fraction of sp³-hybridized carbons (Fsp3) is 0.389. The van der Waals surface area contributed by atoms with Crippen molar-refractivity contribution in [1.29, 1.82) is 0 Å². The van der Waals surface area contributed by atoms with Crippen molar-refractivity contribution in [1.82, 2.24) is 10.2 Å². The highest BCUT2D eigenvalue weighted by Gasteiger charge is 2.35. The molecule has 4 heterocycles. The van der Waals surface area contributed by atoms with Crippen molar-refractivity contribution in [2.75, 3.05) is 19.6 Å². The number of benzene rings is 1. The van der Waals surface area contributed by atoms with Crippen LogP contribution < -0.4 is 10.1 Å². The minimum Gasteiger partial charge on any atom is -0.399 e. The maximum Gasteiger partial charge on any atom is 0.413 e. The molecule has 0 unspecified atom stereocenters. The van der Waals surface area contributed by atoms with E-state index in [1.165, 1.54) is 37.3 Å². The van der Waals surface area contributed by atoms with Crippen molar-refractivity contribution in [3.8, 4) is 15.5 Å². The van der Waals surface area contributed by atoms with Gasteiger partial charge in [-0.1, -0.05) is 41.7 Å². The van der Waals surface area contributed by atoms with Gasteiger partial charge in [0.05, 0.1) is 0 Å². The van der Waals surface area contributed by atoms with Crippen LogP contribution in [0.15, 0.2) is 42.5 Å². The van der Waals surface area contributed by atoms with E-state index in [-0.39, 0.29) is 12.1 Å². The number of thiophene rings is 1. The van der Waals surface area contributed by atoms with Crippen LogP contribution in [-0.4, -0.2) is 36.7 Å². The number of hydrogen-bond acceptors (Lipinski definition) is 4. The van der Waals surface area contributed by atoms with Gasteiger partial charge >= 0.3 is 6.09 Å². The molecule has 1 atom stereocenters. The van der Waals surface area contributed by atoms with Gasteiger partial charge < -0.3 is 15.0 Å². The zero-order valence-electron chi connectivity index (χ0n) is 12.9. The highest BCUT2D eigenvalue weighted by atomic mass is 32.1. The molecule has 0 saturated carbocycles. The molecule has 1 N–H and O–H groups in total. The van der Waals surface area contributed by atoms with E-state index >= 15 is 0 Å². The van der Waals surface area contributed by atoms with Gasteiger partial charge in [0.1, 0.15) is 0 Å². The third-order valence-corrected chi connectivity index (χ3v) is 5.80. The van der Waals surface area contributed by atoms with Crippen molar-refractivity contribution < 1.29 is 9.53 Å². The first-order chi connectivity index (χ1) is 11.3. The Balaban J connectivity index is 1.37. The molecular formula is C18H20N2O2S. The van der Waals surface area contributed by atoms with Crippen LogP contribution in [-0.2, 0) is 0 Å². The predicted octanol–water partition coefficient (Wildman–Crippen LogP) is 3.60. The predicted molar refractivity (Wildman–Crippen MR) is 91.9 cm³/mol. The second kappa shape index (κ2) is 6.34. The Labute approximate surface area is 140 Å². The second-order valence-electron chi connectivity index (χ2n) is 6.26. The Morgan fingerprint density at radius 1 is 1.13 bits per heavy atom. The van der Waals surface area contributed by atoms with E-state index in [1.54, 1.807) is 0 Å². The van der Waals surface area contributed by atoms with Crippen LogP contribution >= 0.6 is 11.3 Å². The van der Waals surface area contributed by atoms with Gasteiger partial charge in [0.15, 0.2) is 5.06 Å². The van der Waals surface area contributed by atoms with E-state index < -0.39 is 0 Å². The molecule has 0 radical (unpaired) electrons. The van der Waals surface area contributed by atoms with E-state index in [9.17, 15) is 4.79 Å². The van der Waals surface area contributed by atoms with Gasteiger partial charge in [-0.3, -0.25) is 0 Å². The van der Waals surface area contributed by atoms with Gasteiger partial charge in [0.2, 0.25) is 0 Å². The van der Waals surface area contributed by atoms with Crippen molar-refractivity contribution in [3.63, 3.8) is 0 Å². The number of rotatable bonds is 3. The van der Waals surface area contributed by atoms with Crippen molar-refractivity contribution in [2.45, 2.75) is 18.9 Å². The number of hydrogen-bond donors (Lipinski definition) is 1. The summed E-state index contributed by atoms with van der Waals surface area (Å²) >= 11 is 1.50. The fourth-order valence-electron chi connectivity index (χ4n) is 3.53. The molecule has 1 amide bonds. The lowest BCUT2D eigenvalue weighted by atomic mass is 9.84. The maximum absolute atomic E-state index is 12.2. The van der Waals surface area contributed by atoms with E-state index in [1.807, 2.05) is 30.3 Å². The van der Waals surface area contributed by atoms with Gasteiger partial charge in [-0.25, -0.2) is 4.79 Å². The number of carbonyl (C=O) groups excluding carboxylic acids is 1. The van der Waals surface area contributed by atoms with Gasteiger partial charge in [-0.2, -0.15) is 0 Å². The first-order valence-corrected chi connectivity index (χ1v) is 8.95. The molecular weight excluding hydrogens is 308 g/mol. The summed E-state index contributed by atoms with van der Waals surface area (Å²) in [6.45, 7) is 3.30. The quantitative estimate of drug-likeness (QED) is 0.936. The lowest BCUT2D eigenvalue weighted by molar-refractivity contribution is 0.0726. The summed E-state index contributed by atoms with van der Waals surface area (Å²) in [5.74, 6) is 0.607. The Hall–Kier alpha value is -1.85. The normalized spacial score (nSPS) is 26.0. The topological polar surface area (TPSA) is 41.6 Å². The van der Waals surface area contributed by atoms with Crippen molar-refractivity contribution >= 4 is 17.4 Å². The number of carbonyl (C=O) groups is 1. The molecule has 4 nitrogen and oxygen atoms in total. The van der Waals surface area contributed by atoms with E-state index in [2.05, 4.69) is 22.3 Å². The number of fused-ring (bicyclic) bond motifs is 3. The molecule has 2 aromatic rings. The third kappa shape index (κ3) is 3.26. The van der Waals surface area contributed by atoms with Crippen LogP contribution in [0.4, 0.5) is 4.79 Å². The molecule has 2 bridgehead atoms. The minimum absolute atomic E-state index is 0.235. The monoisotopic (exact) mass is 328 g/mol. The first kappa shape index (κ1) is 14.7. The smallest absolute Gasteiger partial charge is 0.399 e. The highest BCUT2D eigenvalue weighted by molar-refractivity contribution is 7.17. The summed E-state index contributed by atoms with van der Waals surface area (Å²) in [6.07, 6.45) is 2.04. The van der Waals surface area contributed by atoms with Crippen LogP contribution in [0, 0.1) is 5.92 Å². The van der Waals surface area contributed by atoms with E-state index in [0.29, 0.717) is 11.0 Å². The first-order valence-electron chi connectivity index (χ1n) is 8.14. The Morgan fingerprint density at radius 2 is 1.91 bits per heavy atom. The summed E-state index contributed by atoms with van der Waals surface area (Å²) in [7, 11) is 0. The Morgan fingerprint density at radius 3 is 2.61 bits per heavy atom. The van der Waals surface area contributed by atoms with Crippen LogP contribution in [0.5, 0.6) is 5.06 Å². The average Bonchev–Trinajstić information content (AvgIpc) is 3.05. The summed E-state index contributed by atoms with van der Waals surface area (Å²) in [5.41, 5.74) is 1.14. The van der Waals surface area contributed by atoms with Crippen LogP contribution in [0.25, 0.3) is 10.4 Å². The summed E-state index contributed by atoms with van der Waals surface area (Å²) < 4.78 is 5.48. The molecule has 3 saturated heterocycles. The molecule has 5 rings (SSSR count). The number of nitrogens with one attached hydrogen (secondary N) is 1. The molecule has 3 aliphatic heterocycles. The number of piperidine rings is 3. The van der Waals surface area contributed by atoms with Crippen LogP contribution in [0.3, 0.4) is 0 Å². The standard InChI is InChI=1S/C18H20N2O2S/c21-18(19-15-12-20-10-8-13(15)9-11-20)22-17-7-6-16(23-17)14-4-2-1-3-5-14/h1-7,13,15H,8-12H2,(H,19,21)/t15-/m1/s1. The molecule has 3 aliphatic rings. The Bertz CT molecular complexity index is 677. The lowest BCUT2D eigenvalue weighted by Gasteiger charge is -2.44. The van der Waals surface area contributed by atoms with Gasteiger partial charge in [0, 0.05) is 17.5 Å². The molecule has 1 aromatic heterocycles. The van der Waals surface area contributed by atoms with E-state index in [4.69, 9.17) is 4.74 Å². The summed E-state index contributed by atoms with van der Waals surface area (Å²) in [5, 5.41) is 3.69. The lowest BCUT2D eigenvalue weighted by Crippen LogP contribution is -2.57. The van der Waals surface area contributed by atoms with Gasteiger partial charge in [-0.05, 0) is 49.5 Å². The number of ether oxygens (including phenoxy) is 1. The summed E-state index contributed by atoms with van der Waals surface area (Å²) in [4.78, 5) is 15.7. The molecule has 23 heavy (non-hydrogen) atoms. The van der Waals surface area contributed by atoms with Crippen molar-refractivity contribution in [2.24, 2.45) is 5.92 Å². The average molecular weight is 328 g/mol. The van der Waals surface area contributed by atoms with Crippen molar-refractivity contribution in [3.05, 3.63) is 42.5 Å². The minimum atomic E-state index is -0.329. The second-order valence-corrected chi connectivity index (χ2v) is 7.31. The fourth-order valence-corrected chi connectivity index (χ4v) is 4.39. The van der Waals surface area contributed by atoms with Gasteiger partial charge in [0.25, 0.3) is 0 Å². The number of amides is 1. The molecule has 3 fully saturated rings. The molecule has 0 aliphatic carbocycles. The zero-order chi connectivity index (χ0) is 15.6. The maximum atomic E-state index is 12.2. The third-order valence-electron chi connectivity index (χ3n) is 4.79.